The summed E-state index contributed by atoms with van der Waals surface area (Å²) in [6.07, 6.45) is -1.50. The van der Waals surface area contributed by atoms with E-state index in [1.54, 1.807) is 27.7 Å². The summed E-state index contributed by atoms with van der Waals surface area (Å²) in [5.74, 6) is -1.31. The van der Waals surface area contributed by atoms with Crippen molar-refractivity contribution >= 4 is 35.3 Å². The first kappa shape index (κ1) is 22.2. The maximum Gasteiger partial charge on any atom is 0.305 e. The number of nitrogens with zero attached hydrogens (tertiary/aromatic N) is 2. The summed E-state index contributed by atoms with van der Waals surface area (Å²) >= 11 is 0. The summed E-state index contributed by atoms with van der Waals surface area (Å²) in [4.78, 5) is 56.8. The number of aromatic nitrogens is 2. The first-order valence-corrected chi connectivity index (χ1v) is 9.58. The summed E-state index contributed by atoms with van der Waals surface area (Å²) < 4.78 is 10.9. The molecule has 0 spiro atoms. The highest BCUT2D eigenvalue weighted by atomic mass is 16.6. The van der Waals surface area contributed by atoms with Crippen molar-refractivity contribution in [2.75, 3.05) is 22.5 Å². The number of carbonyl (C=O) groups excluding carboxylic acids is 3. The third kappa shape index (κ3) is 4.84. The van der Waals surface area contributed by atoms with Crippen LogP contribution in [0.4, 0.5) is 17.5 Å². The summed E-state index contributed by atoms with van der Waals surface area (Å²) in [6.45, 7) is 6.61. The number of hydrogen-bond donors (Lipinski definition) is 3. The topological polar surface area (TPSA) is 157 Å². The molecule has 160 valence electrons. The smallest absolute Gasteiger partial charge is 0.305 e. The number of nitrogen functional groups attached to an aromatic ring is 1. The van der Waals surface area contributed by atoms with Gasteiger partial charge in [0.25, 0.3) is 5.56 Å². The predicted octanol–water partition coefficient (Wildman–Crippen LogP) is 0.553. The molecule has 0 radical (unpaired) electrons. The van der Waals surface area contributed by atoms with Crippen LogP contribution in [0.15, 0.2) is 4.79 Å². The van der Waals surface area contributed by atoms with Crippen LogP contribution in [-0.4, -0.2) is 52.6 Å². The van der Waals surface area contributed by atoms with Gasteiger partial charge in [-0.2, -0.15) is 4.98 Å². The molecule has 4 N–H and O–H groups in total. The van der Waals surface area contributed by atoms with Gasteiger partial charge in [0, 0.05) is 25.8 Å². The van der Waals surface area contributed by atoms with Gasteiger partial charge < -0.3 is 20.5 Å². The lowest BCUT2D eigenvalue weighted by atomic mass is 10.0. The van der Waals surface area contributed by atoms with E-state index in [1.807, 2.05) is 0 Å². The SMILES string of the molecule is CCC(=O)O[C@@H]([C@H](C)OC(=O)CC)[C@H]1CNc2nc(N)[nH]c(=O)c2N1C(=O)CC. The number of nitrogens with two attached hydrogens (primary N) is 1. The normalized spacial score (nSPS) is 17.5. The molecule has 0 bridgehead atoms. The quantitative estimate of drug-likeness (QED) is 0.547. The molecule has 0 fully saturated rings. The number of esters is 2. The molecular formula is C18H27N5O6. The monoisotopic (exact) mass is 409 g/mol. The molecule has 29 heavy (non-hydrogen) atoms. The second-order valence-corrected chi connectivity index (χ2v) is 6.57. The Morgan fingerprint density at radius 2 is 1.79 bits per heavy atom. The number of fused-ring (bicyclic) bond motifs is 1. The lowest BCUT2D eigenvalue weighted by Gasteiger charge is -2.41. The van der Waals surface area contributed by atoms with Crippen LogP contribution in [0.5, 0.6) is 0 Å². The highest BCUT2D eigenvalue weighted by Crippen LogP contribution is 2.30. The number of H-pyrrole nitrogens is 1. The molecule has 1 amide bonds. The molecule has 0 unspecified atom stereocenters. The van der Waals surface area contributed by atoms with E-state index in [0.717, 1.165) is 0 Å². The zero-order valence-electron chi connectivity index (χ0n) is 17.0. The van der Waals surface area contributed by atoms with Gasteiger partial charge >= 0.3 is 11.9 Å². The number of anilines is 3. The number of nitrogens with one attached hydrogen (secondary N) is 2. The first-order valence-electron chi connectivity index (χ1n) is 9.58. The number of rotatable bonds is 7. The average molecular weight is 409 g/mol. The Morgan fingerprint density at radius 3 is 2.38 bits per heavy atom. The summed E-state index contributed by atoms with van der Waals surface area (Å²) in [7, 11) is 0. The van der Waals surface area contributed by atoms with E-state index in [0.29, 0.717) is 0 Å². The molecule has 1 aliphatic rings. The van der Waals surface area contributed by atoms with Gasteiger partial charge in [-0.3, -0.25) is 29.1 Å². The second-order valence-electron chi connectivity index (χ2n) is 6.57. The highest BCUT2D eigenvalue weighted by molar-refractivity contribution is 5.97. The van der Waals surface area contributed by atoms with Crippen molar-refractivity contribution in [1.29, 1.82) is 0 Å². The summed E-state index contributed by atoms with van der Waals surface area (Å²) in [5, 5.41) is 2.96. The largest absolute Gasteiger partial charge is 0.459 e. The minimum Gasteiger partial charge on any atom is -0.459 e. The molecule has 0 saturated carbocycles. The molecule has 2 heterocycles. The lowest BCUT2D eigenvalue weighted by molar-refractivity contribution is -0.168. The number of aromatic amines is 1. The summed E-state index contributed by atoms with van der Waals surface area (Å²) in [5.41, 5.74) is 4.97. The minimum absolute atomic E-state index is 0.0196. The van der Waals surface area contributed by atoms with Crippen molar-refractivity contribution in [3.63, 3.8) is 0 Å². The second kappa shape index (κ2) is 9.39. The van der Waals surface area contributed by atoms with Crippen LogP contribution < -0.4 is 21.5 Å². The fraction of sp³-hybridized carbons (Fsp3) is 0.611. The molecule has 3 atom stereocenters. The van der Waals surface area contributed by atoms with Crippen LogP contribution in [0, 0.1) is 0 Å². The van der Waals surface area contributed by atoms with Gasteiger partial charge in [0.15, 0.2) is 17.6 Å². The summed E-state index contributed by atoms with van der Waals surface area (Å²) in [6, 6.07) is -0.795. The van der Waals surface area contributed by atoms with E-state index >= 15 is 0 Å². The van der Waals surface area contributed by atoms with E-state index in [4.69, 9.17) is 15.2 Å². The Labute approximate surface area is 167 Å². The van der Waals surface area contributed by atoms with Crippen molar-refractivity contribution in [2.24, 2.45) is 0 Å². The third-order valence-corrected chi connectivity index (χ3v) is 4.54. The molecular weight excluding hydrogens is 382 g/mol. The van der Waals surface area contributed by atoms with Crippen molar-refractivity contribution in [3.05, 3.63) is 10.4 Å². The molecule has 1 aliphatic heterocycles. The van der Waals surface area contributed by atoms with Gasteiger partial charge in [-0.05, 0) is 6.92 Å². The van der Waals surface area contributed by atoms with Gasteiger partial charge in [-0.25, -0.2) is 0 Å². The van der Waals surface area contributed by atoms with E-state index in [9.17, 15) is 19.2 Å². The first-order chi connectivity index (χ1) is 13.7. The van der Waals surface area contributed by atoms with Gasteiger partial charge in [0.05, 0.1) is 6.04 Å². The Balaban J connectivity index is 2.52. The van der Waals surface area contributed by atoms with Gasteiger partial charge in [-0.15, -0.1) is 0 Å². The Kier molecular flexibility index (Phi) is 7.18. The van der Waals surface area contributed by atoms with Gasteiger partial charge in [0.1, 0.15) is 6.10 Å². The Hall–Kier alpha value is -3.11. The minimum atomic E-state index is -0.994. The van der Waals surface area contributed by atoms with Crippen molar-refractivity contribution < 1.29 is 23.9 Å². The Morgan fingerprint density at radius 1 is 1.17 bits per heavy atom. The maximum absolute atomic E-state index is 12.8. The van der Waals surface area contributed by atoms with Crippen molar-refractivity contribution in [3.8, 4) is 0 Å². The van der Waals surface area contributed by atoms with Crippen LogP contribution >= 0.6 is 0 Å². The molecule has 11 nitrogen and oxygen atoms in total. The number of carbonyl (C=O) groups is 3. The van der Waals surface area contributed by atoms with E-state index < -0.39 is 35.7 Å². The van der Waals surface area contributed by atoms with E-state index in [-0.39, 0.29) is 49.2 Å². The number of hydrogen-bond acceptors (Lipinski definition) is 9. The van der Waals surface area contributed by atoms with Crippen LogP contribution in [-0.2, 0) is 23.9 Å². The molecule has 0 saturated heterocycles. The molecule has 2 rings (SSSR count). The van der Waals surface area contributed by atoms with Gasteiger partial charge in [0.2, 0.25) is 11.9 Å². The van der Waals surface area contributed by atoms with Crippen LogP contribution in [0.1, 0.15) is 47.0 Å². The fourth-order valence-electron chi connectivity index (χ4n) is 3.11. The van der Waals surface area contributed by atoms with Crippen molar-refractivity contribution in [1.82, 2.24) is 9.97 Å². The van der Waals surface area contributed by atoms with Gasteiger partial charge in [-0.1, -0.05) is 20.8 Å². The number of amides is 1. The number of ether oxygens (including phenoxy) is 2. The van der Waals surface area contributed by atoms with E-state index in [1.165, 1.54) is 4.90 Å². The van der Waals surface area contributed by atoms with E-state index in [2.05, 4.69) is 15.3 Å². The molecule has 0 aliphatic carbocycles. The molecule has 11 heteroatoms. The zero-order chi connectivity index (χ0) is 21.7. The zero-order valence-corrected chi connectivity index (χ0v) is 17.0. The van der Waals surface area contributed by atoms with Crippen molar-refractivity contribution in [2.45, 2.75) is 65.2 Å². The standard InChI is InChI=1S/C18H27N5O6/c1-5-11(24)23-10(8-20-16-14(23)17(27)22-18(19)21-16)15(29-13(26)7-3)9(4)28-12(25)6-2/h9-10,15H,5-8H2,1-4H3,(H4,19,20,21,22,27)/t9-,10+,15-/m0/s1. The molecule has 1 aromatic heterocycles. The molecule has 0 aromatic carbocycles. The third-order valence-electron chi connectivity index (χ3n) is 4.54. The van der Waals surface area contributed by atoms with Crippen LogP contribution in [0.2, 0.25) is 0 Å². The molecule has 1 aromatic rings. The van der Waals surface area contributed by atoms with Crippen LogP contribution in [0.3, 0.4) is 0 Å². The maximum atomic E-state index is 12.8. The van der Waals surface area contributed by atoms with Crippen LogP contribution in [0.25, 0.3) is 0 Å². The highest BCUT2D eigenvalue weighted by Gasteiger charge is 2.43. The fourth-order valence-corrected chi connectivity index (χ4v) is 3.11. The average Bonchev–Trinajstić information content (AvgIpc) is 2.69. The Bertz CT molecular complexity index is 839. The predicted molar refractivity (Wildman–Crippen MR) is 105 cm³/mol. The lowest BCUT2D eigenvalue weighted by Crippen LogP contribution is -2.59.